The van der Waals surface area contributed by atoms with Crippen molar-refractivity contribution in [2.24, 2.45) is 29.1 Å². The van der Waals surface area contributed by atoms with E-state index in [2.05, 4.69) is 0 Å². The van der Waals surface area contributed by atoms with Gasteiger partial charge in [0.05, 0.1) is 39.5 Å². The Morgan fingerprint density at radius 3 is 2.42 bits per heavy atom. The van der Waals surface area contributed by atoms with Crippen LogP contribution in [0.2, 0.25) is 0 Å². The number of para-hydroxylation sites is 1. The smallest absolute Gasteiger partial charge is 0.241 e. The fraction of sp³-hybridized carbons (Fsp3) is 0.379. The molecule has 2 aromatic rings. The third-order valence-electron chi connectivity index (χ3n) is 9.11. The Morgan fingerprint density at radius 2 is 1.74 bits per heavy atom. The zero-order valence-electron chi connectivity index (χ0n) is 21.2. The Balaban J connectivity index is 1.57. The highest BCUT2D eigenvalue weighted by Gasteiger charge is 2.67. The molecule has 196 valence electrons. The molecule has 2 aliphatic carbocycles. The number of amides is 4. The first-order valence-electron chi connectivity index (χ1n) is 12.6. The predicted molar refractivity (Wildman–Crippen MR) is 146 cm³/mol. The summed E-state index contributed by atoms with van der Waals surface area (Å²) in [5, 5.41) is 10.5. The largest absolute Gasteiger partial charge is 0.504 e. The molecule has 38 heavy (non-hydrogen) atoms. The lowest BCUT2D eigenvalue weighted by atomic mass is 9.51. The molecule has 8 nitrogen and oxygen atoms in total. The van der Waals surface area contributed by atoms with E-state index in [0.29, 0.717) is 22.1 Å². The van der Waals surface area contributed by atoms with Crippen LogP contribution in [0.4, 0.5) is 5.69 Å². The number of benzene rings is 2. The van der Waals surface area contributed by atoms with Crippen molar-refractivity contribution >= 4 is 51.9 Å². The Kier molecular flexibility index (Phi) is 5.71. The molecule has 0 radical (unpaired) electrons. The molecule has 6 rings (SSSR count). The second-order valence-electron chi connectivity index (χ2n) is 10.8. The summed E-state index contributed by atoms with van der Waals surface area (Å²) in [6, 6.07) is 12.4. The summed E-state index contributed by atoms with van der Waals surface area (Å²) in [6.45, 7) is 1.84. The highest BCUT2D eigenvalue weighted by atomic mass is 127. The molecule has 2 aromatic carbocycles. The molecule has 1 saturated carbocycles. The number of phenols is 1. The van der Waals surface area contributed by atoms with E-state index >= 15 is 0 Å². The molecule has 4 aliphatic rings. The molecule has 6 atom stereocenters. The molecule has 4 amide bonds. The van der Waals surface area contributed by atoms with Gasteiger partial charge < -0.3 is 9.84 Å². The number of phenolic OH excluding ortho intramolecular Hbond substituents is 1. The van der Waals surface area contributed by atoms with Crippen LogP contribution in [0.25, 0.3) is 0 Å². The third kappa shape index (κ3) is 3.20. The van der Waals surface area contributed by atoms with Gasteiger partial charge in [0, 0.05) is 13.0 Å². The molecule has 9 heteroatoms. The van der Waals surface area contributed by atoms with Crippen molar-refractivity contribution in [2.75, 3.05) is 19.1 Å². The van der Waals surface area contributed by atoms with Gasteiger partial charge in [0.25, 0.3) is 0 Å². The van der Waals surface area contributed by atoms with Crippen molar-refractivity contribution in [3.05, 3.63) is 63.2 Å². The first-order chi connectivity index (χ1) is 18.1. The summed E-state index contributed by atoms with van der Waals surface area (Å²) in [6.07, 6.45) is 2.73. The van der Waals surface area contributed by atoms with Gasteiger partial charge in [-0.3, -0.25) is 24.1 Å². The lowest BCUT2D eigenvalue weighted by molar-refractivity contribution is -0.138. The summed E-state index contributed by atoms with van der Waals surface area (Å²) < 4.78 is 6.00. The number of halogens is 1. The molecule has 3 fully saturated rings. The van der Waals surface area contributed by atoms with E-state index in [1.54, 1.807) is 30.3 Å². The number of allylic oxidation sites excluding steroid dienone is 2. The van der Waals surface area contributed by atoms with Gasteiger partial charge >= 0.3 is 0 Å². The van der Waals surface area contributed by atoms with Gasteiger partial charge in [-0.15, -0.1) is 0 Å². The first kappa shape index (κ1) is 25.1. The SMILES string of the molecule is COc1cc([C@H]2C3=CC[C@@H]4C(=O)N(C)C(=O)[C@@H]4[C@@H]3C[C@H]3C(=O)N(c4ccccc4)C(=O)[C@@]23C)cc(I)c1O. The minimum atomic E-state index is -1.13. The highest BCUT2D eigenvalue weighted by Crippen LogP contribution is 2.64. The number of nitrogens with zero attached hydrogens (tertiary/aromatic N) is 2. The van der Waals surface area contributed by atoms with Gasteiger partial charge in [0.2, 0.25) is 23.6 Å². The number of anilines is 1. The number of hydrogen-bond donors (Lipinski definition) is 1. The monoisotopic (exact) mass is 626 g/mol. The molecule has 0 spiro atoms. The van der Waals surface area contributed by atoms with Crippen LogP contribution in [0.15, 0.2) is 54.1 Å². The number of imide groups is 2. The molecular formula is C29H27IN2O6. The van der Waals surface area contributed by atoms with E-state index in [9.17, 15) is 24.3 Å². The second-order valence-corrected chi connectivity index (χ2v) is 11.9. The normalized spacial score (nSPS) is 32.2. The zero-order valence-corrected chi connectivity index (χ0v) is 23.3. The summed E-state index contributed by atoms with van der Waals surface area (Å²) in [7, 11) is 2.98. The molecule has 0 aromatic heterocycles. The molecule has 2 aliphatic heterocycles. The van der Waals surface area contributed by atoms with Crippen LogP contribution in [-0.4, -0.2) is 47.8 Å². The molecule has 0 bridgehead atoms. The molecule has 1 N–H and O–H groups in total. The van der Waals surface area contributed by atoms with E-state index < -0.39 is 29.1 Å². The van der Waals surface area contributed by atoms with Gasteiger partial charge in [-0.1, -0.05) is 29.8 Å². The van der Waals surface area contributed by atoms with Crippen LogP contribution >= 0.6 is 22.6 Å². The maximum Gasteiger partial charge on any atom is 0.241 e. The van der Waals surface area contributed by atoms with Crippen molar-refractivity contribution in [1.29, 1.82) is 0 Å². The predicted octanol–water partition coefficient (Wildman–Crippen LogP) is 3.87. The van der Waals surface area contributed by atoms with Crippen molar-refractivity contribution in [3.8, 4) is 11.5 Å². The lowest BCUT2D eigenvalue weighted by Gasteiger charge is -2.49. The minimum Gasteiger partial charge on any atom is -0.504 e. The van der Waals surface area contributed by atoms with E-state index in [4.69, 9.17) is 4.74 Å². The van der Waals surface area contributed by atoms with Crippen LogP contribution in [0.5, 0.6) is 11.5 Å². The van der Waals surface area contributed by atoms with Crippen LogP contribution in [0, 0.1) is 32.7 Å². The fourth-order valence-electron chi connectivity index (χ4n) is 7.29. The second kappa shape index (κ2) is 8.65. The molecule has 2 saturated heterocycles. The Hall–Kier alpha value is -3.21. The van der Waals surface area contributed by atoms with Gasteiger partial charge in [0.1, 0.15) is 0 Å². The number of aromatic hydroxyl groups is 1. The maximum atomic E-state index is 14.3. The summed E-state index contributed by atoms with van der Waals surface area (Å²) in [5.41, 5.74) is 1.01. The minimum absolute atomic E-state index is 0.00142. The molecule has 0 unspecified atom stereocenters. The van der Waals surface area contributed by atoms with Crippen molar-refractivity contribution in [2.45, 2.75) is 25.7 Å². The number of likely N-dealkylation sites (tertiary alicyclic amines) is 1. The van der Waals surface area contributed by atoms with Crippen LogP contribution in [0.1, 0.15) is 31.2 Å². The van der Waals surface area contributed by atoms with E-state index in [-0.39, 0.29) is 41.0 Å². The van der Waals surface area contributed by atoms with Crippen LogP contribution in [-0.2, 0) is 19.2 Å². The Labute approximate surface area is 233 Å². The lowest BCUT2D eigenvalue weighted by Crippen LogP contribution is -2.48. The van der Waals surface area contributed by atoms with Crippen LogP contribution < -0.4 is 9.64 Å². The van der Waals surface area contributed by atoms with Gasteiger partial charge in [-0.25, -0.2) is 4.90 Å². The van der Waals surface area contributed by atoms with Crippen LogP contribution in [0.3, 0.4) is 0 Å². The van der Waals surface area contributed by atoms with E-state index in [0.717, 1.165) is 11.1 Å². The van der Waals surface area contributed by atoms with Crippen molar-refractivity contribution in [1.82, 2.24) is 4.90 Å². The fourth-order valence-corrected chi connectivity index (χ4v) is 7.92. The number of fused-ring (bicyclic) bond motifs is 4. The van der Waals surface area contributed by atoms with Gasteiger partial charge in [-0.2, -0.15) is 0 Å². The van der Waals surface area contributed by atoms with Gasteiger partial charge in [0.15, 0.2) is 11.5 Å². The Bertz CT molecular complexity index is 1440. The van der Waals surface area contributed by atoms with E-state index in [1.165, 1.54) is 24.0 Å². The summed E-state index contributed by atoms with van der Waals surface area (Å²) in [4.78, 5) is 57.0. The third-order valence-corrected chi connectivity index (χ3v) is 9.94. The zero-order chi connectivity index (χ0) is 27.1. The number of carbonyl (C=O) groups is 4. The number of hydrogen-bond acceptors (Lipinski definition) is 6. The quantitative estimate of drug-likeness (QED) is 0.316. The number of carbonyl (C=O) groups excluding carboxylic acids is 4. The maximum absolute atomic E-state index is 14.3. The summed E-state index contributed by atoms with van der Waals surface area (Å²) >= 11 is 2.03. The highest BCUT2D eigenvalue weighted by molar-refractivity contribution is 14.1. The molecule has 2 heterocycles. The van der Waals surface area contributed by atoms with Crippen molar-refractivity contribution in [3.63, 3.8) is 0 Å². The first-order valence-corrected chi connectivity index (χ1v) is 13.7. The van der Waals surface area contributed by atoms with Crippen molar-refractivity contribution < 1.29 is 29.0 Å². The number of rotatable bonds is 3. The number of ether oxygens (including phenoxy) is 1. The topological polar surface area (TPSA) is 104 Å². The average molecular weight is 626 g/mol. The molecular weight excluding hydrogens is 599 g/mol. The Morgan fingerprint density at radius 1 is 1.03 bits per heavy atom. The standard InChI is InChI=1S/C29H27IN2O6/c1-29-19(26(35)32(28(29)37)15-7-5-4-6-8-15)13-18-16(9-10-17-22(18)27(36)31(2)25(17)34)23(29)14-11-20(30)24(33)21(12-14)38-3/h4-9,11-12,17-19,22-23,33H,10,13H2,1-3H3/t17-,18+,19-,22-,23-,29+/m0/s1. The summed E-state index contributed by atoms with van der Waals surface area (Å²) in [5.74, 6) is -3.35. The van der Waals surface area contributed by atoms with Gasteiger partial charge in [-0.05, 0) is 78.1 Å². The average Bonchev–Trinajstić information content (AvgIpc) is 3.25. The van der Waals surface area contributed by atoms with E-state index in [1.807, 2.05) is 47.7 Å². The number of methoxy groups -OCH3 is 1.